The van der Waals surface area contributed by atoms with Gasteiger partial charge < -0.3 is 4.42 Å². The van der Waals surface area contributed by atoms with Crippen LogP contribution in [-0.2, 0) is 0 Å². The van der Waals surface area contributed by atoms with Crippen LogP contribution in [0.5, 0.6) is 0 Å². The van der Waals surface area contributed by atoms with Gasteiger partial charge in [-0.05, 0) is 13.0 Å². The molecule has 0 fully saturated rings. The molecule has 1 amide bonds. The van der Waals surface area contributed by atoms with E-state index in [1.54, 1.807) is 25.1 Å². The molecule has 1 heterocycles. The molecular weight excluding hydrogens is 310 g/mol. The van der Waals surface area contributed by atoms with Crippen molar-refractivity contribution in [3.05, 3.63) is 75.5 Å². The molecule has 0 aliphatic heterocycles. The lowest BCUT2D eigenvalue weighted by atomic mass is 10.1. The van der Waals surface area contributed by atoms with E-state index < -0.39 is 10.8 Å². The van der Waals surface area contributed by atoms with Gasteiger partial charge >= 0.3 is 5.91 Å². The summed E-state index contributed by atoms with van der Waals surface area (Å²) in [4.78, 5) is 22.4. The number of carbonyl (C=O) groups excluding carboxylic acids is 1. The Hall–Kier alpha value is -3.48. The minimum absolute atomic E-state index is 0.0431. The molecule has 0 aliphatic rings. The van der Waals surface area contributed by atoms with Crippen LogP contribution in [0.3, 0.4) is 0 Å². The van der Waals surface area contributed by atoms with Gasteiger partial charge in [0.1, 0.15) is 5.58 Å². The molecule has 0 bridgehead atoms. The molecule has 3 rings (SSSR count). The van der Waals surface area contributed by atoms with E-state index in [9.17, 15) is 14.9 Å². The number of rotatable bonds is 4. The van der Waals surface area contributed by atoms with E-state index in [2.05, 4.69) is 10.5 Å². The summed E-state index contributed by atoms with van der Waals surface area (Å²) in [5.41, 5.74) is 4.18. The fraction of sp³-hybridized carbons (Fsp3) is 0.0588. The number of furan rings is 1. The molecule has 0 saturated heterocycles. The van der Waals surface area contributed by atoms with Gasteiger partial charge in [0.25, 0.3) is 5.69 Å². The smallest absolute Gasteiger partial charge is 0.307 e. The summed E-state index contributed by atoms with van der Waals surface area (Å²) in [7, 11) is 0. The van der Waals surface area contributed by atoms with Crippen LogP contribution in [0.1, 0.15) is 21.7 Å². The number of fused-ring (bicyclic) bond motifs is 1. The average molecular weight is 323 g/mol. The molecule has 0 unspecified atom stereocenters. The van der Waals surface area contributed by atoms with Crippen LogP contribution in [0, 0.1) is 17.0 Å². The monoisotopic (exact) mass is 323 g/mol. The van der Waals surface area contributed by atoms with E-state index in [1.165, 1.54) is 18.3 Å². The van der Waals surface area contributed by atoms with Crippen LogP contribution in [0.25, 0.3) is 11.0 Å². The first-order valence-electron chi connectivity index (χ1n) is 7.12. The highest BCUT2D eigenvalue weighted by molar-refractivity contribution is 5.99. The third kappa shape index (κ3) is 3.00. The zero-order chi connectivity index (χ0) is 17.1. The van der Waals surface area contributed by atoms with E-state index in [-0.39, 0.29) is 11.4 Å². The van der Waals surface area contributed by atoms with Crippen molar-refractivity contribution in [2.24, 2.45) is 5.10 Å². The van der Waals surface area contributed by atoms with Crippen molar-refractivity contribution in [2.75, 3.05) is 0 Å². The summed E-state index contributed by atoms with van der Waals surface area (Å²) in [6.07, 6.45) is 1.34. The molecule has 2 aromatic carbocycles. The Balaban J connectivity index is 1.76. The van der Waals surface area contributed by atoms with Crippen LogP contribution >= 0.6 is 0 Å². The van der Waals surface area contributed by atoms with Crippen molar-refractivity contribution in [3.8, 4) is 0 Å². The predicted octanol–water partition coefficient (Wildman–Crippen LogP) is 3.41. The van der Waals surface area contributed by atoms with E-state index in [0.29, 0.717) is 11.1 Å². The van der Waals surface area contributed by atoms with Gasteiger partial charge in [-0.2, -0.15) is 5.10 Å². The number of aryl methyl sites for hydroxylation is 1. The zero-order valence-corrected chi connectivity index (χ0v) is 12.7. The number of para-hydroxylation sites is 1. The standard InChI is InChI=1S/C17H13N3O4/c1-11-14-7-2-3-8-15(14)24-16(11)17(21)19-18-10-12-5-4-6-13(9-12)20(22)23/h2-10H,1H3,(H,19,21)/b18-10+. The molecule has 0 radical (unpaired) electrons. The molecule has 7 heteroatoms. The van der Waals surface area contributed by atoms with E-state index >= 15 is 0 Å². The van der Waals surface area contributed by atoms with Gasteiger partial charge in [0, 0.05) is 28.6 Å². The van der Waals surface area contributed by atoms with Gasteiger partial charge in [-0.25, -0.2) is 5.43 Å². The molecular formula is C17H13N3O4. The number of nitrogens with one attached hydrogen (secondary N) is 1. The lowest BCUT2D eigenvalue weighted by molar-refractivity contribution is -0.384. The number of non-ortho nitro benzene ring substituents is 1. The lowest BCUT2D eigenvalue weighted by Crippen LogP contribution is -2.17. The minimum atomic E-state index is -0.492. The van der Waals surface area contributed by atoms with Crippen LogP contribution in [0.2, 0.25) is 0 Å². The number of benzene rings is 2. The highest BCUT2D eigenvalue weighted by Gasteiger charge is 2.16. The fourth-order valence-corrected chi connectivity index (χ4v) is 2.33. The molecule has 1 aromatic heterocycles. The summed E-state index contributed by atoms with van der Waals surface area (Å²) in [5.74, 6) is -0.294. The summed E-state index contributed by atoms with van der Waals surface area (Å²) >= 11 is 0. The molecule has 120 valence electrons. The molecule has 3 aromatic rings. The second-order valence-electron chi connectivity index (χ2n) is 5.10. The highest BCUT2D eigenvalue weighted by Crippen LogP contribution is 2.24. The van der Waals surface area contributed by atoms with Crippen LogP contribution in [0.15, 0.2) is 58.0 Å². The molecule has 0 saturated carbocycles. The van der Waals surface area contributed by atoms with Crippen LogP contribution in [-0.4, -0.2) is 17.0 Å². The van der Waals surface area contributed by atoms with Crippen molar-refractivity contribution >= 4 is 28.8 Å². The molecule has 1 N–H and O–H groups in total. The molecule has 24 heavy (non-hydrogen) atoms. The number of carbonyl (C=O) groups is 1. The Labute approximate surface area is 136 Å². The number of amides is 1. The topological polar surface area (TPSA) is 97.7 Å². The van der Waals surface area contributed by atoms with E-state index in [0.717, 1.165) is 10.9 Å². The van der Waals surface area contributed by atoms with Crippen molar-refractivity contribution in [1.29, 1.82) is 0 Å². The Morgan fingerprint density at radius 1 is 1.25 bits per heavy atom. The zero-order valence-electron chi connectivity index (χ0n) is 12.7. The van der Waals surface area contributed by atoms with Gasteiger partial charge in [-0.3, -0.25) is 14.9 Å². The maximum absolute atomic E-state index is 12.2. The molecule has 0 spiro atoms. The molecule has 7 nitrogen and oxygen atoms in total. The first kappa shape index (κ1) is 15.4. The second kappa shape index (κ2) is 6.33. The third-order valence-corrected chi connectivity index (χ3v) is 3.51. The van der Waals surface area contributed by atoms with Crippen LogP contribution in [0.4, 0.5) is 5.69 Å². The number of nitrogens with zero attached hydrogens (tertiary/aromatic N) is 2. The lowest BCUT2D eigenvalue weighted by Gasteiger charge is -1.97. The van der Waals surface area contributed by atoms with Crippen molar-refractivity contribution < 1.29 is 14.1 Å². The van der Waals surface area contributed by atoms with Gasteiger partial charge in [-0.1, -0.05) is 30.3 Å². The SMILES string of the molecule is Cc1c(C(=O)N/N=C/c2cccc([N+](=O)[O-])c2)oc2ccccc12. The van der Waals surface area contributed by atoms with Gasteiger partial charge in [0.15, 0.2) is 5.76 Å². The first-order valence-corrected chi connectivity index (χ1v) is 7.12. The first-order chi connectivity index (χ1) is 11.6. The third-order valence-electron chi connectivity index (χ3n) is 3.51. The Kier molecular flexibility index (Phi) is 4.07. The van der Waals surface area contributed by atoms with Crippen LogP contribution < -0.4 is 5.43 Å². The highest BCUT2D eigenvalue weighted by atomic mass is 16.6. The number of nitro groups is 1. The fourth-order valence-electron chi connectivity index (χ4n) is 2.33. The summed E-state index contributed by atoms with van der Waals surface area (Å²) in [6, 6.07) is 13.3. The van der Waals surface area contributed by atoms with E-state index in [1.807, 2.05) is 18.2 Å². The summed E-state index contributed by atoms with van der Waals surface area (Å²) < 4.78 is 5.54. The summed E-state index contributed by atoms with van der Waals surface area (Å²) in [5, 5.41) is 15.4. The molecule has 0 aliphatic carbocycles. The number of hydrogen-bond acceptors (Lipinski definition) is 5. The Morgan fingerprint density at radius 2 is 2.04 bits per heavy atom. The van der Waals surface area contributed by atoms with E-state index in [4.69, 9.17) is 4.42 Å². The maximum atomic E-state index is 12.2. The number of hydrogen-bond donors (Lipinski definition) is 1. The normalized spacial score (nSPS) is 11.0. The summed E-state index contributed by atoms with van der Waals surface area (Å²) in [6.45, 7) is 1.80. The Bertz CT molecular complexity index is 959. The quantitative estimate of drug-likeness (QED) is 0.452. The van der Waals surface area contributed by atoms with Crippen molar-refractivity contribution in [2.45, 2.75) is 6.92 Å². The molecule has 0 atom stereocenters. The maximum Gasteiger partial charge on any atom is 0.307 e. The van der Waals surface area contributed by atoms with Gasteiger partial charge in [-0.15, -0.1) is 0 Å². The minimum Gasteiger partial charge on any atom is -0.451 e. The van der Waals surface area contributed by atoms with Gasteiger partial charge in [0.2, 0.25) is 0 Å². The predicted molar refractivity (Wildman–Crippen MR) is 89.1 cm³/mol. The van der Waals surface area contributed by atoms with Crippen molar-refractivity contribution in [3.63, 3.8) is 0 Å². The Morgan fingerprint density at radius 3 is 2.79 bits per heavy atom. The second-order valence-corrected chi connectivity index (χ2v) is 5.10. The number of nitro benzene ring substituents is 1. The van der Waals surface area contributed by atoms with Crippen molar-refractivity contribution in [1.82, 2.24) is 5.43 Å². The largest absolute Gasteiger partial charge is 0.451 e. The average Bonchev–Trinajstić information content (AvgIpc) is 2.92. The van der Waals surface area contributed by atoms with Gasteiger partial charge in [0.05, 0.1) is 11.1 Å². The number of hydrazone groups is 1.